The fourth-order valence-corrected chi connectivity index (χ4v) is 6.95. The Morgan fingerprint density at radius 2 is 1.59 bits per heavy atom. The van der Waals surface area contributed by atoms with E-state index in [1.54, 1.807) is 26.4 Å². The Labute approximate surface area is 314 Å². The number of hydrogen-bond donors (Lipinski definition) is 4. The van der Waals surface area contributed by atoms with Crippen LogP contribution in [0.2, 0.25) is 0 Å². The summed E-state index contributed by atoms with van der Waals surface area (Å²) < 4.78 is 51.0. The Bertz CT molecular complexity index is 2250. The number of aromatic amines is 1. The van der Waals surface area contributed by atoms with Crippen molar-refractivity contribution in [3.63, 3.8) is 0 Å². The number of sulfonamides is 1. The lowest BCUT2D eigenvalue weighted by atomic mass is 10.0. The number of aromatic nitrogens is 1. The van der Waals surface area contributed by atoms with Gasteiger partial charge in [-0.05, 0) is 91.4 Å². The van der Waals surface area contributed by atoms with Gasteiger partial charge in [-0.3, -0.25) is 14.3 Å². The van der Waals surface area contributed by atoms with Crippen LogP contribution in [-0.4, -0.2) is 72.3 Å². The van der Waals surface area contributed by atoms with Crippen molar-refractivity contribution < 1.29 is 37.0 Å². The zero-order valence-corrected chi connectivity index (χ0v) is 31.2. The number of benzene rings is 4. The van der Waals surface area contributed by atoms with E-state index in [0.29, 0.717) is 33.7 Å². The summed E-state index contributed by atoms with van der Waals surface area (Å²) in [4.78, 5) is 28.0. The molecule has 0 spiro atoms. The summed E-state index contributed by atoms with van der Waals surface area (Å²) in [7, 11) is -0.823. The molecule has 0 unspecified atom stereocenters. The second-order valence-corrected chi connectivity index (χ2v) is 14.0. The van der Waals surface area contributed by atoms with E-state index in [2.05, 4.69) is 26.4 Å². The summed E-state index contributed by atoms with van der Waals surface area (Å²) in [5.74, 6) is 1.26. The van der Waals surface area contributed by atoms with Crippen LogP contribution in [0.25, 0.3) is 10.9 Å². The van der Waals surface area contributed by atoms with Gasteiger partial charge in [0.1, 0.15) is 11.8 Å². The minimum atomic E-state index is -4.06. The molecule has 5 aromatic rings. The van der Waals surface area contributed by atoms with Crippen LogP contribution in [0, 0.1) is 18.3 Å². The van der Waals surface area contributed by atoms with Gasteiger partial charge in [-0.1, -0.05) is 30.3 Å². The zero-order valence-electron chi connectivity index (χ0n) is 30.4. The molecule has 0 saturated carbocycles. The van der Waals surface area contributed by atoms with E-state index in [0.717, 1.165) is 36.0 Å². The highest BCUT2D eigenvalue weighted by atomic mass is 32.2. The van der Waals surface area contributed by atoms with Gasteiger partial charge in [0.15, 0.2) is 18.1 Å². The highest BCUT2D eigenvalue weighted by Gasteiger charge is 2.19. The first-order chi connectivity index (χ1) is 26.1. The van der Waals surface area contributed by atoms with Crippen molar-refractivity contribution in [1.82, 2.24) is 15.6 Å². The number of methoxy groups -OCH3 is 2. The monoisotopic (exact) mass is 753 g/mol. The Kier molecular flexibility index (Phi) is 13.5. The van der Waals surface area contributed by atoms with E-state index < -0.39 is 15.9 Å². The molecule has 0 aliphatic carbocycles. The van der Waals surface area contributed by atoms with Gasteiger partial charge in [0, 0.05) is 30.2 Å². The summed E-state index contributed by atoms with van der Waals surface area (Å²) in [6.45, 7) is 2.53. The first-order valence-electron chi connectivity index (χ1n) is 17.3. The number of ether oxygens (including phenoxy) is 4. The Morgan fingerprint density at radius 3 is 2.35 bits per heavy atom. The maximum Gasteiger partial charge on any atom is 0.261 e. The molecule has 0 bridgehead atoms. The predicted octanol–water partition coefficient (Wildman–Crippen LogP) is 5.28. The predicted molar refractivity (Wildman–Crippen MR) is 205 cm³/mol. The van der Waals surface area contributed by atoms with Crippen molar-refractivity contribution in [1.29, 1.82) is 5.26 Å². The van der Waals surface area contributed by atoms with Crippen LogP contribution in [0.3, 0.4) is 0 Å². The molecule has 54 heavy (non-hydrogen) atoms. The largest absolute Gasteiger partial charge is 0.493 e. The molecule has 0 aliphatic heterocycles. The van der Waals surface area contributed by atoms with Crippen LogP contribution in [-0.2, 0) is 32.4 Å². The normalized spacial score (nSPS) is 11.1. The molecule has 4 N–H and O–H groups in total. The molecular weight excluding hydrogens is 711 g/mol. The fraction of sp³-hybridized carbons (Fsp3) is 0.275. The summed E-state index contributed by atoms with van der Waals surface area (Å²) in [5, 5.41) is 15.5. The molecule has 0 aliphatic rings. The van der Waals surface area contributed by atoms with Crippen LogP contribution in [0.4, 0.5) is 5.69 Å². The van der Waals surface area contributed by atoms with Crippen molar-refractivity contribution in [2.24, 2.45) is 0 Å². The number of nitriles is 1. The van der Waals surface area contributed by atoms with E-state index in [1.165, 1.54) is 30.5 Å². The third-order valence-electron chi connectivity index (χ3n) is 8.56. The number of carbonyl (C=O) groups excluding carboxylic acids is 2. The molecule has 2 amide bonds. The van der Waals surface area contributed by atoms with Crippen molar-refractivity contribution in [3.8, 4) is 23.3 Å². The lowest BCUT2D eigenvalue weighted by Crippen LogP contribution is -2.32. The maximum atomic E-state index is 13.2. The number of rotatable bonds is 19. The van der Waals surface area contributed by atoms with Gasteiger partial charge in [-0.2, -0.15) is 5.26 Å². The molecule has 14 heteroatoms. The van der Waals surface area contributed by atoms with Gasteiger partial charge in [0.05, 0.1) is 49.1 Å². The summed E-state index contributed by atoms with van der Waals surface area (Å²) >= 11 is 0. The maximum absolute atomic E-state index is 13.2. The number of H-pyrrole nitrogens is 1. The smallest absolute Gasteiger partial charge is 0.261 e. The summed E-state index contributed by atoms with van der Waals surface area (Å²) in [5.41, 5.74) is 4.45. The Morgan fingerprint density at radius 1 is 0.852 bits per heavy atom. The molecule has 0 atom stereocenters. The van der Waals surface area contributed by atoms with Crippen LogP contribution >= 0.6 is 0 Å². The van der Waals surface area contributed by atoms with E-state index in [4.69, 9.17) is 18.9 Å². The second-order valence-electron chi connectivity index (χ2n) is 12.3. The van der Waals surface area contributed by atoms with Gasteiger partial charge < -0.3 is 34.6 Å². The molecular formula is C40H43N5O8S. The van der Waals surface area contributed by atoms with Gasteiger partial charge in [-0.15, -0.1) is 0 Å². The molecule has 1 heterocycles. The van der Waals surface area contributed by atoms with Crippen molar-refractivity contribution >= 4 is 38.4 Å². The second kappa shape index (κ2) is 18.6. The Hall–Kier alpha value is -6.04. The van der Waals surface area contributed by atoms with Crippen LogP contribution in [0.15, 0.2) is 90.0 Å². The molecule has 282 valence electrons. The highest BCUT2D eigenvalue weighted by molar-refractivity contribution is 7.92. The number of carbonyl (C=O) groups is 2. The molecule has 5 rings (SSSR count). The molecule has 0 saturated heterocycles. The lowest BCUT2D eigenvalue weighted by Gasteiger charge is -2.12. The van der Waals surface area contributed by atoms with Gasteiger partial charge in [0.25, 0.3) is 21.8 Å². The van der Waals surface area contributed by atoms with Gasteiger partial charge in [-0.25, -0.2) is 8.42 Å². The molecule has 13 nitrogen and oxygen atoms in total. The van der Waals surface area contributed by atoms with Crippen LogP contribution in [0.5, 0.6) is 17.2 Å². The van der Waals surface area contributed by atoms with Crippen LogP contribution < -0.4 is 29.6 Å². The Balaban J connectivity index is 0.979. The SMILES string of the molecule is COc1ccc(CCCc2cccc(OCC(=O)NCCOCCNC(=O)c3cccc(S(=O)(=O)Nc4ccc(C)c5c(C#N)c[nH]c45)c3)c2)cc1OC. The van der Waals surface area contributed by atoms with E-state index in [-0.39, 0.29) is 55.0 Å². The number of hydrogen-bond acceptors (Lipinski definition) is 9. The number of fused-ring (bicyclic) bond motifs is 1. The zero-order chi connectivity index (χ0) is 38.5. The van der Waals surface area contributed by atoms with E-state index >= 15 is 0 Å². The number of nitrogens with one attached hydrogen (secondary N) is 4. The molecule has 4 aromatic carbocycles. The number of nitrogens with zero attached hydrogens (tertiary/aromatic N) is 1. The first kappa shape index (κ1) is 39.2. The molecule has 0 radical (unpaired) electrons. The third kappa shape index (κ3) is 10.3. The van der Waals surface area contributed by atoms with E-state index in [9.17, 15) is 23.3 Å². The third-order valence-corrected chi connectivity index (χ3v) is 9.93. The first-order valence-corrected chi connectivity index (χ1v) is 18.8. The summed E-state index contributed by atoms with van der Waals surface area (Å²) in [6.07, 6.45) is 4.18. The van der Waals surface area contributed by atoms with Crippen LogP contribution in [0.1, 0.15) is 39.0 Å². The number of anilines is 1. The standard InChI is InChI=1S/C40H43N5O8S/c1-27-13-15-34(39-38(27)31(24-41)25-44-39)45-54(48,49)33-12-6-10-30(23-33)40(47)43-18-20-52-19-17-42-37(46)26-53-32-11-5-9-28(21-32)7-4-8-29-14-16-35(50-2)36(22-29)51-3/h5-6,9-16,21-23,25,44-45H,4,7-8,17-20,26H2,1-3H3,(H,42,46)(H,43,47). The fourth-order valence-electron chi connectivity index (χ4n) is 5.83. The number of amides is 2. The quantitative estimate of drug-likeness (QED) is 0.0816. The average Bonchev–Trinajstić information content (AvgIpc) is 3.63. The van der Waals surface area contributed by atoms with Gasteiger partial charge >= 0.3 is 0 Å². The highest BCUT2D eigenvalue weighted by Crippen LogP contribution is 2.30. The van der Waals surface area contributed by atoms with Crippen molar-refractivity contribution in [2.75, 3.05) is 51.9 Å². The minimum absolute atomic E-state index is 0.0953. The summed E-state index contributed by atoms with van der Waals surface area (Å²) in [6, 6.07) is 24.7. The van der Waals surface area contributed by atoms with E-state index in [1.807, 2.05) is 49.4 Å². The lowest BCUT2D eigenvalue weighted by molar-refractivity contribution is -0.123. The van der Waals surface area contributed by atoms with Gasteiger partial charge in [0.2, 0.25) is 0 Å². The molecule has 0 fully saturated rings. The van der Waals surface area contributed by atoms with Crippen molar-refractivity contribution in [2.45, 2.75) is 31.1 Å². The number of aryl methyl sites for hydroxylation is 3. The minimum Gasteiger partial charge on any atom is -0.493 e. The topological polar surface area (TPSA) is 181 Å². The average molecular weight is 754 g/mol. The molecule has 1 aromatic heterocycles. The van der Waals surface area contributed by atoms with Crippen molar-refractivity contribution in [3.05, 3.63) is 113 Å².